The molecule has 1 aromatic rings. The number of benzene rings is 1. The number of Topliss-reactive ketones (excluding diaryl/α,β-unsaturated/α-hetero) is 1. The number of carbonyl (C=O) groups is 1. The highest BCUT2D eigenvalue weighted by atomic mass is 16.1. The van der Waals surface area contributed by atoms with Gasteiger partial charge in [0.25, 0.3) is 0 Å². The Kier molecular flexibility index (Phi) is 3.35. The molecule has 0 atom stereocenters. The minimum atomic E-state index is -0.0946. The van der Waals surface area contributed by atoms with E-state index in [0.717, 1.165) is 5.56 Å². The molecule has 0 amide bonds. The van der Waals surface area contributed by atoms with Crippen LogP contribution in [0.15, 0.2) is 23.3 Å². The lowest BCUT2D eigenvalue weighted by atomic mass is 9.86. The van der Waals surface area contributed by atoms with E-state index in [9.17, 15) is 4.79 Å². The SMILES string of the molecule is CC(=O)c1ccc(C(C)(C)C)cc1N=[N+]=[N-]. The maximum atomic E-state index is 11.3. The Labute approximate surface area is 94.9 Å². The molecule has 0 radical (unpaired) electrons. The number of nitrogens with zero attached hydrogens (tertiary/aromatic N) is 3. The van der Waals surface area contributed by atoms with Crippen LogP contribution >= 0.6 is 0 Å². The van der Waals surface area contributed by atoms with Gasteiger partial charge in [0.1, 0.15) is 0 Å². The number of rotatable bonds is 2. The number of carbonyl (C=O) groups excluding carboxylic acids is 1. The highest BCUT2D eigenvalue weighted by Crippen LogP contribution is 2.29. The van der Waals surface area contributed by atoms with Gasteiger partial charge >= 0.3 is 0 Å². The predicted octanol–water partition coefficient (Wildman–Crippen LogP) is 4.13. The van der Waals surface area contributed by atoms with E-state index in [2.05, 4.69) is 30.8 Å². The van der Waals surface area contributed by atoms with Gasteiger partial charge in [-0.3, -0.25) is 4.79 Å². The van der Waals surface area contributed by atoms with E-state index in [0.29, 0.717) is 11.3 Å². The minimum absolute atomic E-state index is 0.0327. The highest BCUT2D eigenvalue weighted by molar-refractivity contribution is 5.98. The van der Waals surface area contributed by atoms with Crippen LogP contribution in [0.5, 0.6) is 0 Å². The Morgan fingerprint density at radius 2 is 2.00 bits per heavy atom. The fourth-order valence-corrected chi connectivity index (χ4v) is 1.43. The van der Waals surface area contributed by atoms with Gasteiger partial charge in [0.15, 0.2) is 5.78 Å². The molecule has 0 spiro atoms. The molecular formula is C12H15N3O. The second-order valence-corrected chi connectivity index (χ2v) is 4.73. The Balaban J connectivity index is 3.39. The Hall–Kier alpha value is -1.80. The third kappa shape index (κ3) is 2.61. The van der Waals surface area contributed by atoms with Gasteiger partial charge in [-0.15, -0.1) is 0 Å². The number of hydrogen-bond donors (Lipinski definition) is 0. The van der Waals surface area contributed by atoms with Crippen LogP contribution in [0.3, 0.4) is 0 Å². The van der Waals surface area contributed by atoms with Crippen LogP contribution < -0.4 is 0 Å². The summed E-state index contributed by atoms with van der Waals surface area (Å²) < 4.78 is 0. The van der Waals surface area contributed by atoms with E-state index in [-0.39, 0.29) is 11.2 Å². The first-order valence-corrected chi connectivity index (χ1v) is 5.07. The molecule has 0 bridgehead atoms. The van der Waals surface area contributed by atoms with Crippen LogP contribution in [0.4, 0.5) is 5.69 Å². The lowest BCUT2D eigenvalue weighted by Crippen LogP contribution is -2.11. The summed E-state index contributed by atoms with van der Waals surface area (Å²) in [4.78, 5) is 14.1. The van der Waals surface area contributed by atoms with E-state index in [4.69, 9.17) is 5.53 Å². The molecule has 0 N–H and O–H groups in total. The summed E-state index contributed by atoms with van der Waals surface area (Å²) in [5.41, 5.74) is 10.3. The van der Waals surface area contributed by atoms with Crippen molar-refractivity contribution >= 4 is 11.5 Å². The van der Waals surface area contributed by atoms with Crippen molar-refractivity contribution in [2.24, 2.45) is 5.11 Å². The average Bonchev–Trinajstić information content (AvgIpc) is 2.16. The van der Waals surface area contributed by atoms with Crippen LogP contribution in [-0.4, -0.2) is 5.78 Å². The van der Waals surface area contributed by atoms with Crippen LogP contribution in [0.2, 0.25) is 0 Å². The second-order valence-electron chi connectivity index (χ2n) is 4.73. The molecule has 0 aromatic heterocycles. The summed E-state index contributed by atoms with van der Waals surface area (Å²) in [6.07, 6.45) is 0. The molecule has 0 unspecified atom stereocenters. The molecular weight excluding hydrogens is 202 g/mol. The lowest BCUT2D eigenvalue weighted by Gasteiger charge is -2.20. The molecule has 0 aliphatic carbocycles. The highest BCUT2D eigenvalue weighted by Gasteiger charge is 2.16. The number of azide groups is 1. The van der Waals surface area contributed by atoms with Crippen molar-refractivity contribution in [3.8, 4) is 0 Å². The number of hydrogen-bond acceptors (Lipinski definition) is 2. The largest absolute Gasteiger partial charge is 0.294 e. The maximum Gasteiger partial charge on any atom is 0.160 e. The first-order chi connectivity index (χ1) is 7.36. The zero-order valence-electron chi connectivity index (χ0n) is 9.98. The van der Waals surface area contributed by atoms with Crippen molar-refractivity contribution < 1.29 is 4.79 Å². The molecule has 84 valence electrons. The van der Waals surface area contributed by atoms with Gasteiger partial charge in [-0.25, -0.2) is 0 Å². The zero-order valence-corrected chi connectivity index (χ0v) is 9.98. The Morgan fingerprint density at radius 3 is 2.44 bits per heavy atom. The minimum Gasteiger partial charge on any atom is -0.294 e. The van der Waals surface area contributed by atoms with Crippen molar-refractivity contribution in [3.63, 3.8) is 0 Å². The maximum absolute atomic E-state index is 11.3. The third-order valence-corrected chi connectivity index (χ3v) is 2.40. The predicted molar refractivity (Wildman–Crippen MR) is 64.0 cm³/mol. The van der Waals surface area contributed by atoms with E-state index >= 15 is 0 Å². The molecule has 4 nitrogen and oxygen atoms in total. The van der Waals surface area contributed by atoms with Crippen LogP contribution in [0, 0.1) is 0 Å². The van der Waals surface area contributed by atoms with E-state index in [1.165, 1.54) is 6.92 Å². The van der Waals surface area contributed by atoms with Gasteiger partial charge < -0.3 is 0 Å². The fraction of sp³-hybridized carbons (Fsp3) is 0.417. The summed E-state index contributed by atoms with van der Waals surface area (Å²) >= 11 is 0. The molecule has 1 aromatic carbocycles. The van der Waals surface area contributed by atoms with Gasteiger partial charge in [0.2, 0.25) is 0 Å². The van der Waals surface area contributed by atoms with E-state index in [1.807, 2.05) is 6.07 Å². The normalized spacial score (nSPS) is 10.8. The van der Waals surface area contributed by atoms with Crippen molar-refractivity contribution in [1.82, 2.24) is 0 Å². The van der Waals surface area contributed by atoms with Gasteiger partial charge in [0, 0.05) is 16.2 Å². The Bertz CT molecular complexity index is 466. The molecule has 16 heavy (non-hydrogen) atoms. The van der Waals surface area contributed by atoms with Crippen LogP contribution in [0.1, 0.15) is 43.6 Å². The van der Waals surface area contributed by atoms with Gasteiger partial charge in [0.05, 0.1) is 0 Å². The van der Waals surface area contributed by atoms with Crippen LogP contribution in [0.25, 0.3) is 10.4 Å². The van der Waals surface area contributed by atoms with Gasteiger partial charge in [-0.1, -0.05) is 38.0 Å². The van der Waals surface area contributed by atoms with Gasteiger partial charge in [-0.2, -0.15) is 0 Å². The van der Waals surface area contributed by atoms with Crippen molar-refractivity contribution in [2.75, 3.05) is 0 Å². The second kappa shape index (κ2) is 4.37. The number of ketones is 1. The topological polar surface area (TPSA) is 65.8 Å². The van der Waals surface area contributed by atoms with Crippen molar-refractivity contribution in [3.05, 3.63) is 39.8 Å². The smallest absolute Gasteiger partial charge is 0.160 e. The summed E-state index contributed by atoms with van der Waals surface area (Å²) in [5, 5.41) is 3.56. The third-order valence-electron chi connectivity index (χ3n) is 2.40. The fourth-order valence-electron chi connectivity index (χ4n) is 1.43. The molecule has 1 rings (SSSR count). The molecule has 0 fully saturated rings. The first kappa shape index (κ1) is 12.3. The van der Waals surface area contributed by atoms with Crippen molar-refractivity contribution in [2.45, 2.75) is 33.1 Å². The molecule has 0 aliphatic rings. The monoisotopic (exact) mass is 217 g/mol. The van der Waals surface area contributed by atoms with Gasteiger partial charge in [-0.05, 0) is 29.5 Å². The molecule has 0 aliphatic heterocycles. The standard InChI is InChI=1S/C12H15N3O/c1-8(16)10-6-5-9(12(2,3)4)7-11(10)14-15-13/h5-7H,1-4H3. The molecule has 0 saturated heterocycles. The lowest BCUT2D eigenvalue weighted by molar-refractivity contribution is 0.101. The quantitative estimate of drug-likeness (QED) is 0.318. The molecule has 0 saturated carbocycles. The van der Waals surface area contributed by atoms with Crippen LogP contribution in [-0.2, 0) is 5.41 Å². The summed E-state index contributed by atoms with van der Waals surface area (Å²) in [7, 11) is 0. The summed E-state index contributed by atoms with van der Waals surface area (Å²) in [5.74, 6) is -0.0946. The average molecular weight is 217 g/mol. The van der Waals surface area contributed by atoms with E-state index in [1.54, 1.807) is 12.1 Å². The molecule has 4 heteroatoms. The zero-order chi connectivity index (χ0) is 12.3. The van der Waals surface area contributed by atoms with Crippen molar-refractivity contribution in [1.29, 1.82) is 0 Å². The Morgan fingerprint density at radius 1 is 1.38 bits per heavy atom. The summed E-state index contributed by atoms with van der Waals surface area (Å²) in [6.45, 7) is 7.66. The molecule has 0 heterocycles. The van der Waals surface area contributed by atoms with E-state index < -0.39 is 0 Å². The summed E-state index contributed by atoms with van der Waals surface area (Å²) in [6, 6.07) is 5.39. The first-order valence-electron chi connectivity index (χ1n) is 5.07.